The van der Waals surface area contributed by atoms with Gasteiger partial charge in [-0.2, -0.15) is 0 Å². The summed E-state index contributed by atoms with van der Waals surface area (Å²) in [6, 6.07) is 3.77. The molecule has 0 bridgehead atoms. The molecule has 2 aromatic rings. The lowest BCUT2D eigenvalue weighted by molar-refractivity contribution is 0.419. The van der Waals surface area contributed by atoms with Gasteiger partial charge in [-0.1, -0.05) is 5.16 Å². The maximum absolute atomic E-state index is 5.20. The molecule has 0 unspecified atom stereocenters. The number of aromatic nitrogens is 1. The molecule has 68 valence electrons. The Bertz CT molecular complexity index is 450. The molecule has 0 atom stereocenters. The first-order valence-electron chi connectivity index (χ1n) is 3.82. The molecule has 0 radical (unpaired) electrons. The van der Waals surface area contributed by atoms with Gasteiger partial charge < -0.3 is 9.26 Å². The molecule has 13 heavy (non-hydrogen) atoms. The summed E-state index contributed by atoms with van der Waals surface area (Å²) >= 11 is 3.38. The minimum atomic E-state index is 0.733. The Balaban J connectivity index is 2.88. The molecule has 0 saturated carbocycles. The fourth-order valence-corrected chi connectivity index (χ4v) is 1.70. The van der Waals surface area contributed by atoms with E-state index < -0.39 is 0 Å². The zero-order chi connectivity index (χ0) is 9.42. The van der Waals surface area contributed by atoms with Gasteiger partial charge in [-0.05, 0) is 35.0 Å². The van der Waals surface area contributed by atoms with Crippen LogP contribution in [-0.2, 0) is 0 Å². The second kappa shape index (κ2) is 3.03. The van der Waals surface area contributed by atoms with Gasteiger partial charge in [0.05, 0.1) is 22.7 Å². The van der Waals surface area contributed by atoms with Crippen molar-refractivity contribution in [3.05, 3.63) is 22.3 Å². The number of fused-ring (bicyclic) bond motifs is 1. The monoisotopic (exact) mass is 241 g/mol. The van der Waals surface area contributed by atoms with Gasteiger partial charge in [0.2, 0.25) is 0 Å². The van der Waals surface area contributed by atoms with Gasteiger partial charge in [-0.15, -0.1) is 0 Å². The molecule has 3 nitrogen and oxygen atoms in total. The molecule has 0 spiro atoms. The summed E-state index contributed by atoms with van der Waals surface area (Å²) in [5.41, 5.74) is 1.57. The molecular formula is C9H8BrNO2. The van der Waals surface area contributed by atoms with Crippen LogP contribution in [0, 0.1) is 6.92 Å². The van der Waals surface area contributed by atoms with Crippen molar-refractivity contribution in [1.82, 2.24) is 5.16 Å². The summed E-state index contributed by atoms with van der Waals surface area (Å²) in [5, 5.41) is 4.81. The van der Waals surface area contributed by atoms with E-state index in [1.807, 2.05) is 19.1 Å². The highest BCUT2D eigenvalue weighted by Gasteiger charge is 2.12. The summed E-state index contributed by atoms with van der Waals surface area (Å²) < 4.78 is 11.2. The van der Waals surface area contributed by atoms with E-state index in [1.165, 1.54) is 0 Å². The third-order valence-electron chi connectivity index (χ3n) is 1.93. The molecule has 0 aliphatic rings. The normalized spacial score (nSPS) is 10.7. The van der Waals surface area contributed by atoms with E-state index in [4.69, 9.17) is 9.26 Å². The van der Waals surface area contributed by atoms with Crippen molar-refractivity contribution >= 4 is 26.9 Å². The van der Waals surface area contributed by atoms with Crippen LogP contribution in [0.4, 0.5) is 0 Å². The Morgan fingerprint density at radius 1 is 1.46 bits per heavy atom. The Morgan fingerprint density at radius 2 is 2.23 bits per heavy atom. The summed E-state index contributed by atoms with van der Waals surface area (Å²) in [6.45, 7) is 1.89. The molecule has 2 rings (SSSR count). The van der Waals surface area contributed by atoms with E-state index >= 15 is 0 Å². The average Bonchev–Trinajstić information content (AvgIpc) is 2.51. The molecule has 0 amide bonds. The van der Waals surface area contributed by atoms with Crippen molar-refractivity contribution in [3.63, 3.8) is 0 Å². The number of aryl methyl sites for hydroxylation is 1. The molecule has 0 saturated heterocycles. The van der Waals surface area contributed by atoms with Crippen LogP contribution in [0.15, 0.2) is 21.1 Å². The number of ether oxygens (including phenoxy) is 1. The number of hydrogen-bond donors (Lipinski definition) is 0. The summed E-state index contributed by atoms with van der Waals surface area (Å²) in [4.78, 5) is 0. The second-order valence-electron chi connectivity index (χ2n) is 2.72. The number of halogens is 1. The van der Waals surface area contributed by atoms with Crippen LogP contribution in [0.2, 0.25) is 0 Å². The van der Waals surface area contributed by atoms with E-state index in [0.29, 0.717) is 0 Å². The van der Waals surface area contributed by atoms with E-state index in [2.05, 4.69) is 21.1 Å². The molecule has 0 aliphatic heterocycles. The maximum atomic E-state index is 5.20. The molecular weight excluding hydrogens is 234 g/mol. The third-order valence-corrected chi connectivity index (χ3v) is 2.55. The van der Waals surface area contributed by atoms with E-state index in [1.54, 1.807) is 7.11 Å². The number of rotatable bonds is 1. The van der Waals surface area contributed by atoms with Crippen LogP contribution in [0.3, 0.4) is 0 Å². The Hall–Kier alpha value is -1.03. The van der Waals surface area contributed by atoms with Crippen molar-refractivity contribution in [1.29, 1.82) is 0 Å². The fraction of sp³-hybridized carbons (Fsp3) is 0.222. The molecule has 1 heterocycles. The average molecular weight is 242 g/mol. The topological polar surface area (TPSA) is 35.3 Å². The van der Waals surface area contributed by atoms with Crippen LogP contribution in [0.25, 0.3) is 11.0 Å². The molecule has 1 aromatic heterocycles. The molecule has 1 aromatic carbocycles. The van der Waals surface area contributed by atoms with Crippen LogP contribution in [0.5, 0.6) is 5.75 Å². The van der Waals surface area contributed by atoms with Gasteiger partial charge in [0.25, 0.3) is 0 Å². The second-order valence-corrected chi connectivity index (χ2v) is 3.58. The highest BCUT2D eigenvalue weighted by molar-refractivity contribution is 9.10. The quantitative estimate of drug-likeness (QED) is 0.771. The van der Waals surface area contributed by atoms with Gasteiger partial charge in [0.15, 0.2) is 5.58 Å². The molecule has 0 N–H and O–H groups in total. The molecule has 4 heteroatoms. The first kappa shape index (κ1) is 8.56. The van der Waals surface area contributed by atoms with Crippen LogP contribution >= 0.6 is 15.9 Å². The van der Waals surface area contributed by atoms with Crippen LogP contribution in [0.1, 0.15) is 5.69 Å². The van der Waals surface area contributed by atoms with Crippen molar-refractivity contribution in [2.24, 2.45) is 0 Å². The Kier molecular flexibility index (Phi) is 2.00. The summed E-state index contributed by atoms with van der Waals surface area (Å²) in [6.07, 6.45) is 0. The standard InChI is InChI=1S/C9H8BrNO2/c1-5-8-7(12-2)4-3-6(10)9(8)13-11-5/h3-4H,1-2H3. The van der Waals surface area contributed by atoms with Crippen LogP contribution in [-0.4, -0.2) is 12.3 Å². The molecule has 0 aliphatic carbocycles. The lowest BCUT2D eigenvalue weighted by Crippen LogP contribution is -1.84. The zero-order valence-electron chi connectivity index (χ0n) is 7.30. The van der Waals surface area contributed by atoms with Gasteiger partial charge in [-0.3, -0.25) is 0 Å². The van der Waals surface area contributed by atoms with E-state index in [0.717, 1.165) is 26.9 Å². The summed E-state index contributed by atoms with van der Waals surface area (Å²) in [7, 11) is 1.63. The van der Waals surface area contributed by atoms with Gasteiger partial charge in [-0.25, -0.2) is 0 Å². The third kappa shape index (κ3) is 1.21. The van der Waals surface area contributed by atoms with Gasteiger partial charge in [0.1, 0.15) is 5.75 Å². The lowest BCUT2D eigenvalue weighted by Gasteiger charge is -2.00. The maximum Gasteiger partial charge on any atom is 0.185 e. The number of nitrogens with zero attached hydrogens (tertiary/aromatic N) is 1. The zero-order valence-corrected chi connectivity index (χ0v) is 8.88. The van der Waals surface area contributed by atoms with Gasteiger partial charge in [0, 0.05) is 0 Å². The SMILES string of the molecule is COc1ccc(Br)c2onc(C)c12. The highest BCUT2D eigenvalue weighted by atomic mass is 79.9. The van der Waals surface area contributed by atoms with Gasteiger partial charge >= 0.3 is 0 Å². The van der Waals surface area contributed by atoms with Crippen LogP contribution < -0.4 is 4.74 Å². The van der Waals surface area contributed by atoms with Crippen molar-refractivity contribution in [3.8, 4) is 5.75 Å². The molecule has 0 fully saturated rings. The minimum absolute atomic E-state index is 0.733. The number of benzene rings is 1. The Morgan fingerprint density at radius 3 is 2.92 bits per heavy atom. The lowest BCUT2D eigenvalue weighted by atomic mass is 10.2. The summed E-state index contributed by atoms with van der Waals surface area (Å²) in [5.74, 6) is 0.789. The van der Waals surface area contributed by atoms with E-state index in [-0.39, 0.29) is 0 Å². The first-order chi connectivity index (χ1) is 6.24. The minimum Gasteiger partial charge on any atom is -0.496 e. The fourth-order valence-electron chi connectivity index (χ4n) is 1.30. The highest BCUT2D eigenvalue weighted by Crippen LogP contribution is 2.33. The largest absolute Gasteiger partial charge is 0.496 e. The van der Waals surface area contributed by atoms with Crippen molar-refractivity contribution in [2.45, 2.75) is 6.92 Å². The number of methoxy groups -OCH3 is 1. The van der Waals surface area contributed by atoms with E-state index in [9.17, 15) is 0 Å². The van der Waals surface area contributed by atoms with Crippen molar-refractivity contribution in [2.75, 3.05) is 7.11 Å². The number of hydrogen-bond acceptors (Lipinski definition) is 3. The Labute approximate surface area is 83.8 Å². The first-order valence-corrected chi connectivity index (χ1v) is 4.62. The smallest absolute Gasteiger partial charge is 0.185 e. The predicted molar refractivity (Wildman–Crippen MR) is 53.0 cm³/mol. The van der Waals surface area contributed by atoms with Crippen molar-refractivity contribution < 1.29 is 9.26 Å². The predicted octanol–water partition coefficient (Wildman–Crippen LogP) is 2.91.